The molecule has 0 aliphatic heterocycles. The minimum absolute atomic E-state index is 0.473. The summed E-state index contributed by atoms with van der Waals surface area (Å²) >= 11 is 0. The second-order valence-corrected chi connectivity index (χ2v) is 12.7. The van der Waals surface area contributed by atoms with Gasteiger partial charge in [0.2, 0.25) is 0 Å². The molecule has 0 fully saturated rings. The summed E-state index contributed by atoms with van der Waals surface area (Å²) in [5, 5.41) is 0. The molecule has 1 spiro atoms. The van der Waals surface area contributed by atoms with Crippen molar-refractivity contribution >= 4 is 0 Å². The van der Waals surface area contributed by atoms with E-state index in [-0.39, 0.29) is 0 Å². The molecule has 0 saturated heterocycles. The molecule has 0 bridgehead atoms. The van der Waals surface area contributed by atoms with E-state index in [0.29, 0.717) is 0 Å². The largest absolute Gasteiger partial charge is 0.256 e. The summed E-state index contributed by atoms with van der Waals surface area (Å²) in [6.07, 6.45) is 7.51. The zero-order valence-corrected chi connectivity index (χ0v) is 26.5. The van der Waals surface area contributed by atoms with Crippen molar-refractivity contribution in [3.8, 4) is 67.3 Å². The summed E-state index contributed by atoms with van der Waals surface area (Å²) in [6, 6.07) is 51.9. The number of pyridine rings is 4. The van der Waals surface area contributed by atoms with Gasteiger partial charge in [-0.2, -0.15) is 0 Å². The number of hydrogen-bond acceptors (Lipinski definition) is 4. The molecule has 4 heteroatoms. The van der Waals surface area contributed by atoms with Crippen molar-refractivity contribution < 1.29 is 0 Å². The summed E-state index contributed by atoms with van der Waals surface area (Å²) in [6.45, 7) is 0. The fourth-order valence-electron chi connectivity index (χ4n) is 7.96. The van der Waals surface area contributed by atoms with Crippen LogP contribution in [0.15, 0.2) is 170 Å². The first kappa shape index (κ1) is 27.6. The van der Waals surface area contributed by atoms with Crippen molar-refractivity contribution in [3.63, 3.8) is 0 Å². The van der Waals surface area contributed by atoms with Gasteiger partial charge in [-0.1, -0.05) is 91.0 Å². The Balaban J connectivity index is 1.16. The van der Waals surface area contributed by atoms with Crippen LogP contribution < -0.4 is 0 Å². The number of aromatic nitrogens is 4. The lowest BCUT2D eigenvalue weighted by Crippen LogP contribution is -2.26. The van der Waals surface area contributed by atoms with Crippen molar-refractivity contribution in [1.29, 1.82) is 0 Å². The highest BCUT2D eigenvalue weighted by Crippen LogP contribution is 2.63. The molecular weight excluding hydrogens is 597 g/mol. The molecule has 0 atom stereocenters. The van der Waals surface area contributed by atoms with Gasteiger partial charge in [0.25, 0.3) is 0 Å². The number of fused-ring (bicyclic) bond motifs is 10. The van der Waals surface area contributed by atoms with Crippen molar-refractivity contribution in [2.75, 3.05) is 0 Å². The van der Waals surface area contributed by atoms with E-state index in [1.165, 1.54) is 44.5 Å². The predicted molar refractivity (Wildman–Crippen MR) is 196 cm³/mol. The maximum Gasteiger partial charge on any atom is 0.0886 e. The van der Waals surface area contributed by atoms with Crippen LogP contribution in [0.25, 0.3) is 67.3 Å². The van der Waals surface area contributed by atoms with E-state index >= 15 is 0 Å². The van der Waals surface area contributed by atoms with Crippen LogP contribution in [0.4, 0.5) is 0 Å². The third-order valence-corrected chi connectivity index (χ3v) is 10.1. The Hall–Kier alpha value is -6.52. The highest BCUT2D eigenvalue weighted by molar-refractivity contribution is 5.96. The first-order valence-electron chi connectivity index (χ1n) is 16.5. The third kappa shape index (κ3) is 4.11. The van der Waals surface area contributed by atoms with Crippen LogP contribution in [0, 0.1) is 0 Å². The molecule has 0 amide bonds. The quantitative estimate of drug-likeness (QED) is 0.196. The Morgan fingerprint density at radius 3 is 1.39 bits per heavy atom. The van der Waals surface area contributed by atoms with Gasteiger partial charge in [0, 0.05) is 41.5 Å². The van der Waals surface area contributed by atoms with Crippen LogP contribution in [-0.2, 0) is 5.41 Å². The first-order chi connectivity index (χ1) is 24.3. The molecule has 10 rings (SSSR count). The molecule has 49 heavy (non-hydrogen) atoms. The highest BCUT2D eigenvalue weighted by Gasteiger charge is 2.51. The van der Waals surface area contributed by atoms with Gasteiger partial charge in [-0.3, -0.25) is 19.9 Å². The second kappa shape index (κ2) is 10.8. The van der Waals surface area contributed by atoms with Crippen LogP contribution in [0.5, 0.6) is 0 Å². The van der Waals surface area contributed by atoms with Crippen molar-refractivity contribution in [1.82, 2.24) is 19.9 Å². The number of hydrogen-bond donors (Lipinski definition) is 0. The molecule has 4 aromatic heterocycles. The molecule has 8 aromatic rings. The van der Waals surface area contributed by atoms with E-state index in [1.807, 2.05) is 55.0 Å². The van der Waals surface area contributed by atoms with Crippen LogP contribution in [-0.4, -0.2) is 19.9 Å². The van der Waals surface area contributed by atoms with E-state index in [9.17, 15) is 0 Å². The molecule has 228 valence electrons. The molecule has 0 unspecified atom stereocenters. The zero-order chi connectivity index (χ0) is 32.4. The summed E-state index contributed by atoms with van der Waals surface area (Å²) in [5.74, 6) is 0. The summed E-state index contributed by atoms with van der Waals surface area (Å²) in [4.78, 5) is 18.8. The Morgan fingerprint density at radius 1 is 0.306 bits per heavy atom. The Kier molecular flexibility index (Phi) is 6.06. The van der Waals surface area contributed by atoms with Gasteiger partial charge in [-0.25, -0.2) is 0 Å². The first-order valence-corrected chi connectivity index (χ1v) is 16.5. The molecule has 4 nitrogen and oxygen atoms in total. The zero-order valence-electron chi connectivity index (χ0n) is 26.5. The van der Waals surface area contributed by atoms with E-state index in [4.69, 9.17) is 9.97 Å². The van der Waals surface area contributed by atoms with Gasteiger partial charge in [-0.05, 0) is 105 Å². The van der Waals surface area contributed by atoms with Crippen LogP contribution in [0.3, 0.4) is 0 Å². The fourth-order valence-corrected chi connectivity index (χ4v) is 7.96. The molecular formula is C45H28N4. The van der Waals surface area contributed by atoms with Crippen molar-refractivity contribution in [2.24, 2.45) is 0 Å². The summed E-state index contributed by atoms with van der Waals surface area (Å²) in [5.41, 5.74) is 17.7. The fraction of sp³-hybridized carbons (Fsp3) is 0.0222. The van der Waals surface area contributed by atoms with E-state index < -0.39 is 5.41 Å². The normalized spacial score (nSPS) is 13.1. The molecule has 4 heterocycles. The Labute approximate surface area is 284 Å². The molecule has 0 saturated carbocycles. The standard InChI is InChI=1S/C45H28N4/c1-3-11-37-33(9-1)34-10-2-4-12-38(34)45(37)39-25-29(31-17-22-44(49-27-31)43-14-6-8-24-47-43)15-19-35(39)36-20-16-30(26-40(36)45)42-21-18-32(28-48-42)41-13-5-7-23-46-41/h1-28H. The van der Waals surface area contributed by atoms with Crippen LogP contribution >= 0.6 is 0 Å². The van der Waals surface area contributed by atoms with Gasteiger partial charge in [0.05, 0.1) is 28.2 Å². The number of rotatable bonds is 4. The van der Waals surface area contributed by atoms with E-state index in [0.717, 1.165) is 45.0 Å². The Bertz CT molecular complexity index is 2340. The Morgan fingerprint density at radius 2 is 0.776 bits per heavy atom. The lowest BCUT2D eigenvalue weighted by Gasteiger charge is -2.31. The maximum atomic E-state index is 4.93. The molecule has 0 N–H and O–H groups in total. The number of nitrogens with zero attached hydrogens (tertiary/aromatic N) is 4. The topological polar surface area (TPSA) is 51.6 Å². The second-order valence-electron chi connectivity index (χ2n) is 12.7. The maximum absolute atomic E-state index is 4.93. The van der Waals surface area contributed by atoms with Gasteiger partial charge in [-0.15, -0.1) is 0 Å². The van der Waals surface area contributed by atoms with Crippen molar-refractivity contribution in [2.45, 2.75) is 5.41 Å². The molecule has 2 aliphatic carbocycles. The van der Waals surface area contributed by atoms with Gasteiger partial charge in [0.1, 0.15) is 0 Å². The highest BCUT2D eigenvalue weighted by atomic mass is 14.8. The van der Waals surface area contributed by atoms with Crippen LogP contribution in [0.1, 0.15) is 22.3 Å². The third-order valence-electron chi connectivity index (χ3n) is 10.1. The number of benzene rings is 4. The minimum Gasteiger partial charge on any atom is -0.256 e. The summed E-state index contributed by atoms with van der Waals surface area (Å²) in [7, 11) is 0. The summed E-state index contributed by atoms with van der Waals surface area (Å²) < 4.78 is 0. The predicted octanol–water partition coefficient (Wildman–Crippen LogP) is 10.3. The van der Waals surface area contributed by atoms with Crippen molar-refractivity contribution in [3.05, 3.63) is 193 Å². The van der Waals surface area contributed by atoms with E-state index in [1.54, 1.807) is 6.20 Å². The van der Waals surface area contributed by atoms with E-state index in [2.05, 4.69) is 119 Å². The monoisotopic (exact) mass is 624 g/mol. The lowest BCUT2D eigenvalue weighted by molar-refractivity contribution is 0.794. The average Bonchev–Trinajstić information content (AvgIpc) is 3.65. The van der Waals surface area contributed by atoms with Gasteiger partial charge in [0.15, 0.2) is 0 Å². The smallest absolute Gasteiger partial charge is 0.0886 e. The minimum atomic E-state index is -0.473. The molecule has 4 aromatic carbocycles. The average molecular weight is 625 g/mol. The van der Waals surface area contributed by atoms with Gasteiger partial charge >= 0.3 is 0 Å². The van der Waals surface area contributed by atoms with Crippen LogP contribution in [0.2, 0.25) is 0 Å². The molecule has 0 radical (unpaired) electrons. The van der Waals surface area contributed by atoms with Gasteiger partial charge < -0.3 is 0 Å². The lowest BCUT2D eigenvalue weighted by atomic mass is 9.70. The molecule has 2 aliphatic rings. The SMILES string of the molecule is c1ccc(-c2ccc(-c3ccc4c(c3)C3(c5ccccc5-c5ccccc53)c3cc(-c5ccc(-c6ccccn6)nc5)ccc3-4)nc2)nc1.